The fourth-order valence-corrected chi connectivity index (χ4v) is 13.3. The average molecular weight is 975 g/mol. The number of furan rings is 1. The summed E-state index contributed by atoms with van der Waals surface area (Å²) in [6.45, 7) is 12.0. The molecular formula is C73H54N2O. The zero-order valence-corrected chi connectivity index (χ0v) is 43.3. The first-order chi connectivity index (χ1) is 37.1. The number of aryl methyl sites for hydroxylation is 1. The molecule has 0 aliphatic heterocycles. The molecule has 2 heterocycles. The van der Waals surface area contributed by atoms with E-state index in [4.69, 9.17) is 4.42 Å². The van der Waals surface area contributed by atoms with Gasteiger partial charge in [-0.2, -0.15) is 0 Å². The molecule has 0 amide bonds. The van der Waals surface area contributed by atoms with E-state index < -0.39 is 0 Å². The van der Waals surface area contributed by atoms with Crippen LogP contribution in [0.2, 0.25) is 0 Å². The SMILES string of the molecule is Cc1cc(-n2c3ccccc3c3ccccc32)cc2c1-c1cc3c(cc1C2(C)C)-c1c(-c2ccc(N(c4ccc(-c5ccccc5)cc4)c4ccc(-c5cccc6c5oc5ccccc56)cc4)cc2)cccc1C3(C)C. The van der Waals surface area contributed by atoms with E-state index in [1.165, 1.54) is 99.8 Å². The Balaban J connectivity index is 0.815. The summed E-state index contributed by atoms with van der Waals surface area (Å²) in [6, 6.07) is 87.1. The van der Waals surface area contributed by atoms with Crippen LogP contribution in [-0.2, 0) is 10.8 Å². The summed E-state index contributed by atoms with van der Waals surface area (Å²) >= 11 is 0. The highest BCUT2D eigenvalue weighted by molar-refractivity contribution is 6.11. The lowest BCUT2D eigenvalue weighted by atomic mass is 9.79. The van der Waals surface area contributed by atoms with Gasteiger partial charge in [0.25, 0.3) is 0 Å². The number of anilines is 3. The minimum Gasteiger partial charge on any atom is -0.455 e. The van der Waals surface area contributed by atoms with Gasteiger partial charge in [-0.15, -0.1) is 0 Å². The first-order valence-electron chi connectivity index (χ1n) is 26.7. The number of para-hydroxylation sites is 4. The predicted octanol–water partition coefficient (Wildman–Crippen LogP) is 20.1. The van der Waals surface area contributed by atoms with Crippen molar-refractivity contribution in [3.8, 4) is 61.3 Å². The van der Waals surface area contributed by atoms with Crippen LogP contribution in [0, 0.1) is 6.92 Å². The van der Waals surface area contributed by atoms with Crippen LogP contribution < -0.4 is 4.90 Å². The maximum atomic E-state index is 6.48. The fourth-order valence-electron chi connectivity index (χ4n) is 13.3. The lowest BCUT2D eigenvalue weighted by Crippen LogP contribution is -2.17. The topological polar surface area (TPSA) is 21.3 Å². The van der Waals surface area contributed by atoms with Gasteiger partial charge in [0.1, 0.15) is 11.2 Å². The molecule has 15 rings (SSSR count). The van der Waals surface area contributed by atoms with E-state index in [1.54, 1.807) is 0 Å². The zero-order chi connectivity index (χ0) is 51.0. The summed E-state index contributed by atoms with van der Waals surface area (Å²) < 4.78 is 8.95. The van der Waals surface area contributed by atoms with Gasteiger partial charge >= 0.3 is 0 Å². The number of rotatable bonds is 7. The average Bonchev–Trinajstić information content (AvgIpc) is 4.23. The molecule has 11 aromatic carbocycles. The highest BCUT2D eigenvalue weighted by atomic mass is 16.3. The third-order valence-corrected chi connectivity index (χ3v) is 17.1. The lowest BCUT2D eigenvalue weighted by molar-refractivity contribution is 0.651. The molecule has 3 heteroatoms. The van der Waals surface area contributed by atoms with Gasteiger partial charge in [-0.25, -0.2) is 0 Å². The fraction of sp³-hybridized carbons (Fsp3) is 0.0959. The van der Waals surface area contributed by atoms with Crippen molar-refractivity contribution in [1.29, 1.82) is 0 Å². The van der Waals surface area contributed by atoms with Crippen molar-refractivity contribution in [2.24, 2.45) is 0 Å². The van der Waals surface area contributed by atoms with E-state index >= 15 is 0 Å². The van der Waals surface area contributed by atoms with Crippen LogP contribution in [0.3, 0.4) is 0 Å². The number of benzene rings is 11. The Kier molecular flexibility index (Phi) is 9.57. The number of hydrogen-bond acceptors (Lipinski definition) is 2. The monoisotopic (exact) mass is 974 g/mol. The van der Waals surface area contributed by atoms with Gasteiger partial charge in [-0.3, -0.25) is 0 Å². The Labute approximate surface area is 443 Å². The number of hydrogen-bond donors (Lipinski definition) is 0. The van der Waals surface area contributed by atoms with Crippen LogP contribution in [-0.4, -0.2) is 4.57 Å². The summed E-state index contributed by atoms with van der Waals surface area (Å²) in [5.74, 6) is 0. The summed E-state index contributed by atoms with van der Waals surface area (Å²) in [5.41, 5.74) is 27.7. The van der Waals surface area contributed by atoms with Gasteiger partial charge in [-0.05, 0) is 164 Å². The van der Waals surface area contributed by atoms with Crippen LogP contribution in [0.4, 0.5) is 17.1 Å². The minimum absolute atomic E-state index is 0.190. The Morgan fingerprint density at radius 1 is 0.355 bits per heavy atom. The highest BCUT2D eigenvalue weighted by Crippen LogP contribution is 2.59. The molecule has 3 nitrogen and oxygen atoms in total. The Bertz CT molecular complexity index is 4440. The van der Waals surface area contributed by atoms with Crippen molar-refractivity contribution in [3.05, 3.63) is 264 Å². The van der Waals surface area contributed by atoms with Crippen LogP contribution in [0.5, 0.6) is 0 Å². The predicted molar refractivity (Wildman–Crippen MR) is 319 cm³/mol. The smallest absolute Gasteiger partial charge is 0.143 e. The molecule has 2 aliphatic rings. The second-order valence-electron chi connectivity index (χ2n) is 22.1. The second-order valence-corrected chi connectivity index (χ2v) is 22.1. The first kappa shape index (κ1) is 44.3. The zero-order valence-electron chi connectivity index (χ0n) is 43.3. The van der Waals surface area contributed by atoms with Gasteiger partial charge in [-0.1, -0.05) is 185 Å². The van der Waals surface area contributed by atoms with Crippen molar-refractivity contribution in [1.82, 2.24) is 4.57 Å². The molecule has 2 aliphatic carbocycles. The molecule has 0 bridgehead atoms. The summed E-state index contributed by atoms with van der Waals surface area (Å²) in [5, 5.41) is 4.84. The normalized spacial score (nSPS) is 13.8. The molecule has 0 saturated heterocycles. The molecule has 0 unspecified atom stereocenters. The molecule has 0 radical (unpaired) electrons. The molecular weight excluding hydrogens is 921 g/mol. The number of fused-ring (bicyclic) bond motifs is 12. The van der Waals surface area contributed by atoms with Crippen molar-refractivity contribution < 1.29 is 4.42 Å². The maximum absolute atomic E-state index is 6.48. The van der Waals surface area contributed by atoms with Gasteiger partial charge < -0.3 is 13.9 Å². The van der Waals surface area contributed by atoms with Crippen molar-refractivity contribution in [2.75, 3.05) is 4.90 Å². The van der Waals surface area contributed by atoms with Gasteiger partial charge in [0.05, 0.1) is 11.0 Å². The molecule has 362 valence electrons. The largest absolute Gasteiger partial charge is 0.455 e. The minimum atomic E-state index is -0.218. The van der Waals surface area contributed by atoms with E-state index in [0.717, 1.165) is 50.1 Å². The van der Waals surface area contributed by atoms with Crippen molar-refractivity contribution in [2.45, 2.75) is 45.4 Å². The summed E-state index contributed by atoms with van der Waals surface area (Å²) in [7, 11) is 0. The van der Waals surface area contributed by atoms with E-state index in [-0.39, 0.29) is 10.8 Å². The maximum Gasteiger partial charge on any atom is 0.143 e. The first-order valence-corrected chi connectivity index (χ1v) is 26.7. The molecule has 13 aromatic rings. The van der Waals surface area contributed by atoms with E-state index in [0.29, 0.717) is 0 Å². The van der Waals surface area contributed by atoms with Gasteiger partial charge in [0.15, 0.2) is 0 Å². The van der Waals surface area contributed by atoms with E-state index in [2.05, 4.69) is 269 Å². The molecule has 0 N–H and O–H groups in total. The van der Waals surface area contributed by atoms with Crippen LogP contribution in [0.1, 0.15) is 55.5 Å². The van der Waals surface area contributed by atoms with E-state index in [9.17, 15) is 0 Å². The summed E-state index contributed by atoms with van der Waals surface area (Å²) in [6.07, 6.45) is 0. The second kappa shape index (κ2) is 16.4. The van der Waals surface area contributed by atoms with Crippen molar-refractivity contribution in [3.63, 3.8) is 0 Å². The third-order valence-electron chi connectivity index (χ3n) is 17.1. The van der Waals surface area contributed by atoms with Crippen molar-refractivity contribution >= 4 is 60.8 Å². The Morgan fingerprint density at radius 2 is 0.842 bits per heavy atom. The van der Waals surface area contributed by atoms with Crippen LogP contribution >= 0.6 is 0 Å². The van der Waals surface area contributed by atoms with E-state index in [1.807, 2.05) is 12.1 Å². The highest BCUT2D eigenvalue weighted by Gasteiger charge is 2.43. The molecule has 0 spiro atoms. The number of nitrogens with zero attached hydrogens (tertiary/aromatic N) is 2. The summed E-state index contributed by atoms with van der Waals surface area (Å²) in [4.78, 5) is 2.37. The quantitative estimate of drug-likeness (QED) is 0.159. The molecule has 0 fully saturated rings. The molecule has 76 heavy (non-hydrogen) atoms. The lowest BCUT2D eigenvalue weighted by Gasteiger charge is -2.26. The van der Waals surface area contributed by atoms with Crippen LogP contribution in [0.15, 0.2) is 241 Å². The Hall–Kier alpha value is -9.18. The molecule has 0 atom stereocenters. The number of aromatic nitrogens is 1. The van der Waals surface area contributed by atoms with Crippen LogP contribution in [0.25, 0.3) is 105 Å². The molecule has 0 saturated carbocycles. The standard InChI is InChI=1S/C73H54N2O/c1-45-41-53(75-66-26-12-9-19-56(66)57-20-10-13-27-67(57)75)42-65-69(45)60-43-64-61(44-63(60)73(65,4)5)70-54(22-16-25-62(70)72(64,2)3)48-31-37-51(38-32-48)74(50-35-29-47(30-36-50)46-17-7-6-8-18-46)52-39-33-49(34-40-52)55-23-15-24-59-58-21-11-14-28-68(58)76-71(55)59/h6-44H,1-5H3. The third kappa shape index (κ3) is 6.48. The molecule has 2 aromatic heterocycles. The van der Waals surface area contributed by atoms with Gasteiger partial charge in [0, 0.05) is 60.7 Å². The Morgan fingerprint density at radius 3 is 1.49 bits per heavy atom. The van der Waals surface area contributed by atoms with Gasteiger partial charge in [0.2, 0.25) is 0 Å².